The lowest BCUT2D eigenvalue weighted by atomic mass is 10.2. The minimum absolute atomic E-state index is 0.150. The zero-order chi connectivity index (χ0) is 15.9. The van der Waals surface area contributed by atoms with Crippen LogP contribution in [0.5, 0.6) is 0 Å². The number of carbonyl (C=O) groups excluding carboxylic acids is 2. The highest BCUT2D eigenvalue weighted by molar-refractivity contribution is 9.10. The Labute approximate surface area is 141 Å². The van der Waals surface area contributed by atoms with E-state index in [-0.39, 0.29) is 19.1 Å². The van der Waals surface area contributed by atoms with Crippen LogP contribution in [0.25, 0.3) is 0 Å². The highest BCUT2D eigenvalue weighted by Gasteiger charge is 2.09. The van der Waals surface area contributed by atoms with Gasteiger partial charge in [-0.05, 0) is 30.3 Å². The fourth-order valence-corrected chi connectivity index (χ4v) is 2.21. The van der Waals surface area contributed by atoms with Crippen molar-refractivity contribution in [1.82, 2.24) is 5.32 Å². The van der Waals surface area contributed by atoms with E-state index >= 15 is 0 Å². The third kappa shape index (κ3) is 4.86. The second-order valence-electron chi connectivity index (χ2n) is 4.44. The summed E-state index contributed by atoms with van der Waals surface area (Å²) in [6, 6.07) is 13.9. The molecule has 0 saturated heterocycles. The Balaban J connectivity index is 1.79. The minimum Gasteiger partial charge on any atom is -0.459 e. The van der Waals surface area contributed by atoms with Gasteiger partial charge in [-0.2, -0.15) is 0 Å². The Kier molecular flexibility index (Phi) is 5.98. The van der Waals surface area contributed by atoms with Crippen LogP contribution in [-0.2, 0) is 16.1 Å². The zero-order valence-electron chi connectivity index (χ0n) is 11.5. The first kappa shape index (κ1) is 16.5. The molecule has 0 fully saturated rings. The van der Waals surface area contributed by atoms with Crippen LogP contribution >= 0.6 is 27.5 Å². The third-order valence-electron chi connectivity index (χ3n) is 2.85. The normalized spacial score (nSPS) is 10.1. The molecule has 0 atom stereocenters. The molecule has 0 saturated carbocycles. The summed E-state index contributed by atoms with van der Waals surface area (Å²) in [5.41, 5.74) is 1.29. The lowest BCUT2D eigenvalue weighted by Gasteiger charge is -2.08. The lowest BCUT2D eigenvalue weighted by Crippen LogP contribution is -2.30. The number of hydrogen-bond acceptors (Lipinski definition) is 3. The van der Waals surface area contributed by atoms with Gasteiger partial charge in [0.15, 0.2) is 0 Å². The number of rotatable bonds is 5. The van der Waals surface area contributed by atoms with Crippen molar-refractivity contribution in [2.45, 2.75) is 6.61 Å². The highest BCUT2D eigenvalue weighted by atomic mass is 79.9. The SMILES string of the molecule is O=C(CNC(=O)c1ccc(Cl)cc1)OCc1ccccc1Br. The summed E-state index contributed by atoms with van der Waals surface area (Å²) in [6.45, 7) is -0.0387. The summed E-state index contributed by atoms with van der Waals surface area (Å²) in [5, 5.41) is 3.05. The van der Waals surface area contributed by atoms with E-state index in [1.165, 1.54) is 0 Å². The molecule has 1 amide bonds. The molecule has 2 aromatic rings. The molecule has 1 N–H and O–H groups in total. The van der Waals surface area contributed by atoms with E-state index in [4.69, 9.17) is 16.3 Å². The van der Waals surface area contributed by atoms with E-state index < -0.39 is 5.97 Å². The molecule has 0 unspecified atom stereocenters. The molecule has 0 aliphatic heterocycles. The van der Waals surface area contributed by atoms with Crippen LogP contribution in [0.1, 0.15) is 15.9 Å². The average Bonchev–Trinajstić information content (AvgIpc) is 2.52. The number of benzene rings is 2. The van der Waals surface area contributed by atoms with Crippen LogP contribution in [0.15, 0.2) is 53.0 Å². The molecule has 2 rings (SSSR count). The Morgan fingerprint density at radius 2 is 1.77 bits per heavy atom. The molecule has 4 nitrogen and oxygen atoms in total. The Morgan fingerprint density at radius 1 is 1.09 bits per heavy atom. The van der Waals surface area contributed by atoms with Crippen molar-refractivity contribution in [2.75, 3.05) is 6.54 Å². The summed E-state index contributed by atoms with van der Waals surface area (Å²) in [6.07, 6.45) is 0. The summed E-state index contributed by atoms with van der Waals surface area (Å²) in [5.74, 6) is -0.854. The number of nitrogens with one attached hydrogen (secondary N) is 1. The summed E-state index contributed by atoms with van der Waals surface area (Å²) in [7, 11) is 0. The van der Waals surface area contributed by atoms with Gasteiger partial charge in [-0.3, -0.25) is 9.59 Å². The maximum absolute atomic E-state index is 11.8. The van der Waals surface area contributed by atoms with Gasteiger partial charge in [-0.1, -0.05) is 45.7 Å². The smallest absolute Gasteiger partial charge is 0.325 e. The zero-order valence-corrected chi connectivity index (χ0v) is 13.9. The fourth-order valence-electron chi connectivity index (χ4n) is 1.68. The molecule has 114 valence electrons. The highest BCUT2D eigenvalue weighted by Crippen LogP contribution is 2.16. The first-order valence-corrected chi connectivity index (χ1v) is 7.66. The van der Waals surface area contributed by atoms with Gasteiger partial charge in [0, 0.05) is 20.6 Å². The van der Waals surface area contributed by atoms with Gasteiger partial charge < -0.3 is 10.1 Å². The first-order chi connectivity index (χ1) is 10.6. The van der Waals surface area contributed by atoms with Gasteiger partial charge in [0.05, 0.1) is 0 Å². The molecular formula is C16H13BrClNO3. The average molecular weight is 383 g/mol. The second kappa shape index (κ2) is 7.96. The van der Waals surface area contributed by atoms with E-state index in [1.807, 2.05) is 24.3 Å². The van der Waals surface area contributed by atoms with Gasteiger partial charge in [0.1, 0.15) is 13.2 Å². The molecule has 0 bridgehead atoms. The van der Waals surface area contributed by atoms with E-state index in [9.17, 15) is 9.59 Å². The molecule has 0 aliphatic rings. The summed E-state index contributed by atoms with van der Waals surface area (Å²) >= 11 is 9.12. The van der Waals surface area contributed by atoms with Crippen LogP contribution in [0.3, 0.4) is 0 Å². The minimum atomic E-state index is -0.502. The number of esters is 1. The van der Waals surface area contributed by atoms with Crippen LogP contribution < -0.4 is 5.32 Å². The van der Waals surface area contributed by atoms with E-state index in [0.29, 0.717) is 10.6 Å². The van der Waals surface area contributed by atoms with Gasteiger partial charge in [-0.15, -0.1) is 0 Å². The van der Waals surface area contributed by atoms with Crippen molar-refractivity contribution in [3.05, 3.63) is 69.2 Å². The monoisotopic (exact) mass is 381 g/mol. The third-order valence-corrected chi connectivity index (χ3v) is 3.87. The maximum atomic E-state index is 11.8. The Hall–Kier alpha value is -1.85. The number of amides is 1. The Morgan fingerprint density at radius 3 is 2.45 bits per heavy atom. The van der Waals surface area contributed by atoms with Crippen molar-refractivity contribution in [1.29, 1.82) is 0 Å². The summed E-state index contributed by atoms with van der Waals surface area (Å²) < 4.78 is 5.98. The standard InChI is InChI=1S/C16H13BrClNO3/c17-14-4-2-1-3-12(14)10-22-15(20)9-19-16(21)11-5-7-13(18)8-6-11/h1-8H,9-10H2,(H,19,21). The van der Waals surface area contributed by atoms with Crippen molar-refractivity contribution in [3.63, 3.8) is 0 Å². The van der Waals surface area contributed by atoms with E-state index in [2.05, 4.69) is 21.2 Å². The Bertz CT molecular complexity index is 673. The molecule has 0 aromatic heterocycles. The van der Waals surface area contributed by atoms with Crippen LogP contribution in [0.2, 0.25) is 5.02 Å². The molecule has 6 heteroatoms. The maximum Gasteiger partial charge on any atom is 0.325 e. The molecule has 0 aliphatic carbocycles. The fraction of sp³-hybridized carbons (Fsp3) is 0.125. The first-order valence-electron chi connectivity index (χ1n) is 6.49. The van der Waals surface area contributed by atoms with Crippen molar-refractivity contribution in [2.24, 2.45) is 0 Å². The largest absolute Gasteiger partial charge is 0.459 e. The van der Waals surface area contributed by atoms with Gasteiger partial charge in [-0.25, -0.2) is 0 Å². The lowest BCUT2D eigenvalue weighted by molar-refractivity contribution is -0.143. The molecule has 0 heterocycles. The topological polar surface area (TPSA) is 55.4 Å². The molecule has 2 aromatic carbocycles. The van der Waals surface area contributed by atoms with Gasteiger partial charge in [0.2, 0.25) is 0 Å². The van der Waals surface area contributed by atoms with E-state index in [0.717, 1.165) is 10.0 Å². The summed E-state index contributed by atoms with van der Waals surface area (Å²) in [4.78, 5) is 23.5. The number of halogens is 2. The quantitative estimate of drug-likeness (QED) is 0.804. The van der Waals surface area contributed by atoms with Crippen LogP contribution in [0, 0.1) is 0 Å². The van der Waals surface area contributed by atoms with Crippen molar-refractivity contribution in [3.8, 4) is 0 Å². The van der Waals surface area contributed by atoms with Crippen molar-refractivity contribution >= 4 is 39.4 Å². The van der Waals surface area contributed by atoms with Crippen molar-refractivity contribution < 1.29 is 14.3 Å². The van der Waals surface area contributed by atoms with Crippen LogP contribution in [0.4, 0.5) is 0 Å². The molecule has 22 heavy (non-hydrogen) atoms. The molecular weight excluding hydrogens is 370 g/mol. The number of ether oxygens (including phenoxy) is 1. The molecule has 0 spiro atoms. The van der Waals surface area contributed by atoms with Crippen LogP contribution in [-0.4, -0.2) is 18.4 Å². The van der Waals surface area contributed by atoms with E-state index in [1.54, 1.807) is 24.3 Å². The second-order valence-corrected chi connectivity index (χ2v) is 5.73. The number of hydrogen-bond donors (Lipinski definition) is 1. The number of carbonyl (C=O) groups is 2. The molecule has 0 radical (unpaired) electrons. The van der Waals surface area contributed by atoms with Gasteiger partial charge >= 0.3 is 5.97 Å². The predicted octanol–water partition coefficient (Wildman–Crippen LogP) is 3.58. The van der Waals surface area contributed by atoms with Gasteiger partial charge in [0.25, 0.3) is 5.91 Å². The predicted molar refractivity (Wildman–Crippen MR) is 87.7 cm³/mol.